The van der Waals surface area contributed by atoms with Crippen LogP contribution in [0.4, 0.5) is 0 Å². The second-order valence-corrected chi connectivity index (χ2v) is 4.05. The van der Waals surface area contributed by atoms with Gasteiger partial charge in [-0.2, -0.15) is 0 Å². The SMILES string of the molecule is CC(C1CC1)C(O)c1ccccc1. The fraction of sp³-hybridized carbons (Fsp3) is 0.500. The van der Waals surface area contributed by atoms with Crippen molar-refractivity contribution in [2.45, 2.75) is 25.9 Å². The molecule has 0 radical (unpaired) electrons. The minimum atomic E-state index is -0.270. The fourth-order valence-electron chi connectivity index (χ4n) is 1.83. The van der Waals surface area contributed by atoms with Crippen LogP contribution in [-0.4, -0.2) is 5.11 Å². The van der Waals surface area contributed by atoms with Crippen molar-refractivity contribution in [2.24, 2.45) is 11.8 Å². The van der Waals surface area contributed by atoms with E-state index in [9.17, 15) is 5.11 Å². The topological polar surface area (TPSA) is 20.2 Å². The average molecular weight is 176 g/mol. The van der Waals surface area contributed by atoms with Crippen LogP contribution in [0.5, 0.6) is 0 Å². The lowest BCUT2D eigenvalue weighted by atomic mass is 9.93. The zero-order chi connectivity index (χ0) is 9.26. The van der Waals surface area contributed by atoms with Crippen LogP contribution >= 0.6 is 0 Å². The summed E-state index contributed by atoms with van der Waals surface area (Å²) in [6, 6.07) is 9.96. The minimum Gasteiger partial charge on any atom is -0.388 e. The molecule has 2 unspecified atom stereocenters. The van der Waals surface area contributed by atoms with Gasteiger partial charge in [0, 0.05) is 0 Å². The van der Waals surface area contributed by atoms with E-state index in [-0.39, 0.29) is 6.10 Å². The van der Waals surface area contributed by atoms with E-state index >= 15 is 0 Å². The van der Waals surface area contributed by atoms with Crippen LogP contribution in [0.15, 0.2) is 30.3 Å². The Bertz CT molecular complexity index is 264. The van der Waals surface area contributed by atoms with Gasteiger partial charge in [-0.15, -0.1) is 0 Å². The second kappa shape index (κ2) is 3.51. The highest BCUT2D eigenvalue weighted by Gasteiger charge is 2.32. The van der Waals surface area contributed by atoms with Crippen molar-refractivity contribution in [2.75, 3.05) is 0 Å². The van der Waals surface area contributed by atoms with Gasteiger partial charge in [0.05, 0.1) is 6.10 Å². The number of aliphatic hydroxyl groups is 1. The summed E-state index contributed by atoms with van der Waals surface area (Å²) in [6.07, 6.45) is 2.32. The Kier molecular flexibility index (Phi) is 2.36. The molecule has 0 saturated heterocycles. The molecule has 1 N–H and O–H groups in total. The summed E-state index contributed by atoms with van der Waals surface area (Å²) in [5, 5.41) is 10.00. The summed E-state index contributed by atoms with van der Waals surface area (Å²) >= 11 is 0. The molecule has 1 fully saturated rings. The number of rotatable bonds is 3. The molecule has 1 heteroatoms. The number of aliphatic hydroxyl groups excluding tert-OH is 1. The first-order chi connectivity index (χ1) is 6.29. The van der Waals surface area contributed by atoms with E-state index in [1.54, 1.807) is 0 Å². The minimum absolute atomic E-state index is 0.270. The zero-order valence-corrected chi connectivity index (χ0v) is 7.98. The third kappa shape index (κ3) is 1.92. The molecule has 0 amide bonds. The highest BCUT2D eigenvalue weighted by Crippen LogP contribution is 2.42. The molecular weight excluding hydrogens is 160 g/mol. The lowest BCUT2D eigenvalue weighted by Crippen LogP contribution is -2.10. The largest absolute Gasteiger partial charge is 0.388 e. The van der Waals surface area contributed by atoms with Gasteiger partial charge >= 0.3 is 0 Å². The molecule has 13 heavy (non-hydrogen) atoms. The molecule has 1 aromatic rings. The third-order valence-corrected chi connectivity index (χ3v) is 3.00. The summed E-state index contributed by atoms with van der Waals surface area (Å²) < 4.78 is 0. The van der Waals surface area contributed by atoms with Crippen LogP contribution in [-0.2, 0) is 0 Å². The van der Waals surface area contributed by atoms with Crippen molar-refractivity contribution in [3.8, 4) is 0 Å². The molecule has 0 spiro atoms. The maximum atomic E-state index is 10.00. The molecule has 0 bridgehead atoms. The van der Waals surface area contributed by atoms with Crippen molar-refractivity contribution < 1.29 is 5.11 Å². The maximum Gasteiger partial charge on any atom is 0.0818 e. The van der Waals surface area contributed by atoms with Crippen LogP contribution in [0.1, 0.15) is 31.4 Å². The molecule has 0 heterocycles. The molecule has 1 aromatic carbocycles. The van der Waals surface area contributed by atoms with Gasteiger partial charge in [-0.1, -0.05) is 37.3 Å². The van der Waals surface area contributed by atoms with Gasteiger partial charge in [0.2, 0.25) is 0 Å². The van der Waals surface area contributed by atoms with Crippen molar-refractivity contribution in [1.82, 2.24) is 0 Å². The third-order valence-electron chi connectivity index (χ3n) is 3.00. The molecule has 0 aromatic heterocycles. The van der Waals surface area contributed by atoms with E-state index in [4.69, 9.17) is 0 Å². The van der Waals surface area contributed by atoms with Crippen LogP contribution in [0, 0.1) is 11.8 Å². The van der Waals surface area contributed by atoms with Gasteiger partial charge in [0.1, 0.15) is 0 Å². The monoisotopic (exact) mass is 176 g/mol. The Morgan fingerprint density at radius 3 is 2.38 bits per heavy atom. The second-order valence-electron chi connectivity index (χ2n) is 4.05. The Morgan fingerprint density at radius 2 is 1.85 bits per heavy atom. The van der Waals surface area contributed by atoms with Crippen molar-refractivity contribution >= 4 is 0 Å². The quantitative estimate of drug-likeness (QED) is 0.750. The van der Waals surface area contributed by atoms with Crippen LogP contribution in [0.25, 0.3) is 0 Å². The Hall–Kier alpha value is -0.820. The van der Waals surface area contributed by atoms with E-state index < -0.39 is 0 Å². The fourth-order valence-corrected chi connectivity index (χ4v) is 1.83. The van der Waals surface area contributed by atoms with Gasteiger partial charge in [-0.25, -0.2) is 0 Å². The van der Waals surface area contributed by atoms with Gasteiger partial charge in [0.15, 0.2) is 0 Å². The normalized spacial score (nSPS) is 21.1. The van der Waals surface area contributed by atoms with Crippen LogP contribution in [0.2, 0.25) is 0 Å². The number of benzene rings is 1. The summed E-state index contributed by atoms with van der Waals surface area (Å²) in [6.45, 7) is 2.15. The molecule has 1 aliphatic rings. The van der Waals surface area contributed by atoms with Gasteiger partial charge in [0.25, 0.3) is 0 Å². The summed E-state index contributed by atoms with van der Waals surface area (Å²) in [4.78, 5) is 0. The lowest BCUT2D eigenvalue weighted by molar-refractivity contribution is 0.106. The first-order valence-electron chi connectivity index (χ1n) is 5.02. The molecule has 1 saturated carbocycles. The van der Waals surface area contributed by atoms with Crippen molar-refractivity contribution in [3.63, 3.8) is 0 Å². The molecule has 0 aliphatic heterocycles. The van der Waals surface area contributed by atoms with E-state index in [0.29, 0.717) is 5.92 Å². The van der Waals surface area contributed by atoms with Gasteiger partial charge in [-0.05, 0) is 30.2 Å². The summed E-state index contributed by atoms with van der Waals surface area (Å²) in [5.41, 5.74) is 1.06. The van der Waals surface area contributed by atoms with E-state index in [2.05, 4.69) is 6.92 Å². The molecular formula is C12H16O. The first kappa shape index (κ1) is 8.76. The summed E-state index contributed by atoms with van der Waals surface area (Å²) in [5.74, 6) is 1.18. The molecule has 2 atom stereocenters. The first-order valence-corrected chi connectivity index (χ1v) is 5.02. The average Bonchev–Trinajstić information content (AvgIpc) is 3.00. The molecule has 2 rings (SSSR count). The highest BCUT2D eigenvalue weighted by atomic mass is 16.3. The van der Waals surface area contributed by atoms with Crippen molar-refractivity contribution in [3.05, 3.63) is 35.9 Å². The van der Waals surface area contributed by atoms with E-state index in [0.717, 1.165) is 11.5 Å². The number of hydrogen-bond acceptors (Lipinski definition) is 1. The highest BCUT2D eigenvalue weighted by molar-refractivity contribution is 5.18. The molecule has 70 valence electrons. The van der Waals surface area contributed by atoms with Crippen LogP contribution in [0.3, 0.4) is 0 Å². The zero-order valence-electron chi connectivity index (χ0n) is 7.98. The van der Waals surface area contributed by atoms with Crippen molar-refractivity contribution in [1.29, 1.82) is 0 Å². The van der Waals surface area contributed by atoms with Crippen LogP contribution < -0.4 is 0 Å². The van der Waals surface area contributed by atoms with E-state index in [1.807, 2.05) is 30.3 Å². The maximum absolute atomic E-state index is 10.00. The Morgan fingerprint density at radius 1 is 1.23 bits per heavy atom. The standard InChI is InChI=1S/C12H16O/c1-9(10-7-8-10)12(13)11-5-3-2-4-6-11/h2-6,9-10,12-13H,7-8H2,1H3. The Balaban J connectivity index is 2.07. The van der Waals surface area contributed by atoms with Gasteiger partial charge in [-0.3, -0.25) is 0 Å². The summed E-state index contributed by atoms with van der Waals surface area (Å²) in [7, 11) is 0. The predicted octanol–water partition coefficient (Wildman–Crippen LogP) is 2.77. The lowest BCUT2D eigenvalue weighted by Gasteiger charge is -2.18. The Labute approximate surface area is 79.4 Å². The smallest absolute Gasteiger partial charge is 0.0818 e. The number of hydrogen-bond donors (Lipinski definition) is 1. The van der Waals surface area contributed by atoms with E-state index in [1.165, 1.54) is 12.8 Å². The molecule has 1 nitrogen and oxygen atoms in total. The molecule has 1 aliphatic carbocycles. The predicted molar refractivity (Wildman–Crippen MR) is 53.3 cm³/mol. The van der Waals surface area contributed by atoms with Gasteiger partial charge < -0.3 is 5.11 Å².